The summed E-state index contributed by atoms with van der Waals surface area (Å²) in [7, 11) is 1.56. The van der Waals surface area contributed by atoms with Crippen LogP contribution < -0.4 is 10.1 Å². The van der Waals surface area contributed by atoms with Crippen molar-refractivity contribution in [2.24, 2.45) is 0 Å². The molecular weight excluding hydrogens is 390 g/mol. The number of methoxy groups -OCH3 is 1. The predicted molar refractivity (Wildman–Crippen MR) is 111 cm³/mol. The lowest BCUT2D eigenvalue weighted by molar-refractivity contribution is 0.0697. The summed E-state index contributed by atoms with van der Waals surface area (Å²) in [5, 5.41) is 5.45. The highest BCUT2D eigenvalue weighted by atomic mass is 32.1. The zero-order valence-corrected chi connectivity index (χ0v) is 16.3. The molecule has 0 unspecified atom stereocenters. The minimum Gasteiger partial charge on any atom is -0.449 e. The molecule has 0 spiro atoms. The monoisotopic (exact) mass is 407 g/mol. The zero-order valence-electron chi connectivity index (χ0n) is 15.5. The molecular formula is C22H17NO5S. The smallest absolute Gasteiger partial charge is 0.380 e. The lowest BCUT2D eigenvalue weighted by atomic mass is 10.1. The third-order valence-corrected chi connectivity index (χ3v) is 5.11. The van der Waals surface area contributed by atoms with Gasteiger partial charge in [0.2, 0.25) is 5.76 Å². The molecule has 0 atom stereocenters. The van der Waals surface area contributed by atoms with E-state index in [1.165, 1.54) is 11.3 Å². The van der Waals surface area contributed by atoms with Crippen molar-refractivity contribution in [1.82, 2.24) is 0 Å². The molecule has 0 bridgehead atoms. The molecule has 0 saturated carbocycles. The van der Waals surface area contributed by atoms with Gasteiger partial charge in [0.05, 0.1) is 11.5 Å². The molecule has 0 radical (unpaired) electrons. The molecule has 7 heteroatoms. The number of carbonyl (C=O) groups is 2. The number of rotatable bonds is 6. The Morgan fingerprint density at radius 3 is 2.55 bits per heavy atom. The molecule has 1 N–H and O–H groups in total. The third kappa shape index (κ3) is 4.06. The maximum atomic E-state index is 12.7. The minimum absolute atomic E-state index is 0.114. The maximum Gasteiger partial charge on any atom is 0.380 e. The first kappa shape index (κ1) is 18.9. The van der Waals surface area contributed by atoms with Gasteiger partial charge in [0.25, 0.3) is 5.91 Å². The first-order valence-electron chi connectivity index (χ1n) is 8.82. The molecule has 4 aromatic rings. The number of thiophene rings is 1. The van der Waals surface area contributed by atoms with Gasteiger partial charge in [-0.3, -0.25) is 4.79 Å². The number of hydrogen-bond donors (Lipinski definition) is 1. The second kappa shape index (κ2) is 8.30. The SMILES string of the molecule is COCc1c(C(=O)Oc2ccc(NC(=O)c3cccs3)cc2)oc2ccccc12. The lowest BCUT2D eigenvalue weighted by Gasteiger charge is -2.07. The van der Waals surface area contributed by atoms with Gasteiger partial charge in [0, 0.05) is 23.7 Å². The number of furan rings is 1. The van der Waals surface area contributed by atoms with Gasteiger partial charge in [-0.2, -0.15) is 0 Å². The largest absolute Gasteiger partial charge is 0.449 e. The third-order valence-electron chi connectivity index (χ3n) is 4.24. The molecule has 4 rings (SSSR count). The predicted octanol–water partition coefficient (Wildman–Crippen LogP) is 5.11. The summed E-state index contributed by atoms with van der Waals surface area (Å²) in [6.45, 7) is 0.231. The topological polar surface area (TPSA) is 77.8 Å². The average molecular weight is 407 g/mol. The highest BCUT2D eigenvalue weighted by molar-refractivity contribution is 7.12. The fourth-order valence-corrected chi connectivity index (χ4v) is 3.53. The molecule has 0 aliphatic rings. The summed E-state index contributed by atoms with van der Waals surface area (Å²) < 4.78 is 16.4. The van der Waals surface area contributed by atoms with Gasteiger partial charge in [-0.15, -0.1) is 11.3 Å². The Hall–Kier alpha value is -3.42. The van der Waals surface area contributed by atoms with Crippen LogP contribution in [0.1, 0.15) is 25.8 Å². The van der Waals surface area contributed by atoms with Crippen LogP contribution in [-0.2, 0) is 11.3 Å². The Morgan fingerprint density at radius 2 is 1.83 bits per heavy atom. The van der Waals surface area contributed by atoms with Crippen molar-refractivity contribution >= 4 is 39.9 Å². The summed E-state index contributed by atoms with van der Waals surface area (Å²) in [4.78, 5) is 25.4. The molecule has 0 fully saturated rings. The number of ether oxygens (including phenoxy) is 2. The molecule has 29 heavy (non-hydrogen) atoms. The quantitative estimate of drug-likeness (QED) is 0.355. The second-order valence-electron chi connectivity index (χ2n) is 6.18. The van der Waals surface area contributed by atoms with Gasteiger partial charge in [0.1, 0.15) is 11.3 Å². The van der Waals surface area contributed by atoms with Crippen LogP contribution in [-0.4, -0.2) is 19.0 Å². The van der Waals surface area contributed by atoms with Crippen LogP contribution in [0.3, 0.4) is 0 Å². The number of nitrogens with one attached hydrogen (secondary N) is 1. The number of amides is 1. The Labute approximate surface area is 170 Å². The van der Waals surface area contributed by atoms with E-state index in [0.717, 1.165) is 5.39 Å². The first-order valence-corrected chi connectivity index (χ1v) is 9.70. The van der Waals surface area contributed by atoms with Gasteiger partial charge in [-0.05, 0) is 41.8 Å². The molecule has 0 saturated heterocycles. The number of benzene rings is 2. The molecule has 0 aliphatic heterocycles. The van der Waals surface area contributed by atoms with Gasteiger partial charge >= 0.3 is 5.97 Å². The zero-order chi connectivity index (χ0) is 20.2. The van der Waals surface area contributed by atoms with E-state index in [-0.39, 0.29) is 18.3 Å². The van der Waals surface area contributed by atoms with Gasteiger partial charge < -0.3 is 19.2 Å². The Bertz CT molecular complexity index is 1150. The first-order chi connectivity index (χ1) is 14.2. The van der Waals surface area contributed by atoms with Crippen molar-refractivity contribution in [1.29, 1.82) is 0 Å². The van der Waals surface area contributed by atoms with E-state index in [1.807, 2.05) is 29.6 Å². The summed E-state index contributed by atoms with van der Waals surface area (Å²) in [5.41, 5.74) is 1.85. The number of hydrogen-bond acceptors (Lipinski definition) is 6. The Morgan fingerprint density at radius 1 is 1.03 bits per heavy atom. The number of fused-ring (bicyclic) bond motifs is 1. The second-order valence-corrected chi connectivity index (χ2v) is 7.13. The Kier molecular flexibility index (Phi) is 5.41. The molecule has 2 heterocycles. The van der Waals surface area contributed by atoms with Crippen LogP contribution in [0.5, 0.6) is 5.75 Å². The lowest BCUT2D eigenvalue weighted by Crippen LogP contribution is -2.11. The summed E-state index contributed by atoms with van der Waals surface area (Å²) in [6, 6.07) is 17.5. The van der Waals surface area contributed by atoms with Gasteiger partial charge in [-0.1, -0.05) is 24.3 Å². The number of carbonyl (C=O) groups excluding carboxylic acids is 2. The fraction of sp³-hybridized carbons (Fsp3) is 0.0909. The van der Waals surface area contributed by atoms with Crippen molar-refractivity contribution in [2.45, 2.75) is 6.61 Å². The van der Waals surface area contributed by atoms with Crippen molar-refractivity contribution in [3.63, 3.8) is 0 Å². The van der Waals surface area contributed by atoms with E-state index in [9.17, 15) is 9.59 Å². The van der Waals surface area contributed by atoms with E-state index in [1.54, 1.807) is 43.5 Å². The van der Waals surface area contributed by atoms with Crippen LogP contribution in [0, 0.1) is 0 Å². The molecule has 2 aromatic carbocycles. The normalized spacial score (nSPS) is 10.8. The molecule has 6 nitrogen and oxygen atoms in total. The number of anilines is 1. The molecule has 1 amide bonds. The van der Waals surface area contributed by atoms with E-state index in [2.05, 4.69) is 5.32 Å². The fourth-order valence-electron chi connectivity index (χ4n) is 2.91. The minimum atomic E-state index is -0.608. The van der Waals surface area contributed by atoms with Crippen molar-refractivity contribution < 1.29 is 23.5 Å². The van der Waals surface area contributed by atoms with E-state index in [4.69, 9.17) is 13.9 Å². The van der Waals surface area contributed by atoms with Crippen molar-refractivity contribution in [3.8, 4) is 5.75 Å². The maximum absolute atomic E-state index is 12.7. The average Bonchev–Trinajstić information content (AvgIpc) is 3.39. The Balaban J connectivity index is 1.49. The molecule has 0 aliphatic carbocycles. The van der Waals surface area contributed by atoms with Crippen LogP contribution >= 0.6 is 11.3 Å². The standard InChI is InChI=1S/C22H17NO5S/c1-26-13-17-16-5-2-3-6-18(16)28-20(17)22(25)27-15-10-8-14(9-11-15)23-21(24)19-7-4-12-29-19/h2-12H,13H2,1H3,(H,23,24). The molecule has 2 aromatic heterocycles. The van der Waals surface area contributed by atoms with E-state index < -0.39 is 5.97 Å². The van der Waals surface area contributed by atoms with Crippen LogP contribution in [0.25, 0.3) is 11.0 Å². The van der Waals surface area contributed by atoms with Crippen LogP contribution in [0.2, 0.25) is 0 Å². The molecule has 146 valence electrons. The number of para-hydroxylation sites is 1. The van der Waals surface area contributed by atoms with E-state index in [0.29, 0.717) is 27.5 Å². The van der Waals surface area contributed by atoms with Gasteiger partial charge in [0.15, 0.2) is 0 Å². The summed E-state index contributed by atoms with van der Waals surface area (Å²) >= 11 is 1.36. The van der Waals surface area contributed by atoms with Crippen molar-refractivity contribution in [2.75, 3.05) is 12.4 Å². The highest BCUT2D eigenvalue weighted by Crippen LogP contribution is 2.28. The number of esters is 1. The summed E-state index contributed by atoms with van der Waals surface area (Å²) in [5.74, 6) is -0.337. The van der Waals surface area contributed by atoms with Crippen LogP contribution in [0.4, 0.5) is 5.69 Å². The van der Waals surface area contributed by atoms with Gasteiger partial charge in [-0.25, -0.2) is 4.79 Å². The summed E-state index contributed by atoms with van der Waals surface area (Å²) in [6.07, 6.45) is 0. The highest BCUT2D eigenvalue weighted by Gasteiger charge is 2.22. The van der Waals surface area contributed by atoms with E-state index >= 15 is 0 Å². The van der Waals surface area contributed by atoms with Crippen LogP contribution in [0.15, 0.2) is 70.5 Å². The van der Waals surface area contributed by atoms with Crippen molar-refractivity contribution in [3.05, 3.63) is 82.2 Å².